The van der Waals surface area contributed by atoms with Gasteiger partial charge in [0.1, 0.15) is 0 Å². The molecule has 0 aromatic rings. The molecule has 0 bridgehead atoms. The lowest BCUT2D eigenvalue weighted by molar-refractivity contribution is -0.137. The topological polar surface area (TPSA) is 35.5 Å². The summed E-state index contributed by atoms with van der Waals surface area (Å²) in [5.74, 6) is -0.261. The summed E-state index contributed by atoms with van der Waals surface area (Å²) in [7, 11) is -1.62. The predicted octanol–water partition coefficient (Wildman–Crippen LogP) is 3.91. The number of esters is 1. The number of rotatable bonds is 7. The van der Waals surface area contributed by atoms with Crippen molar-refractivity contribution >= 4 is 14.3 Å². The van der Waals surface area contributed by atoms with E-state index in [9.17, 15) is 4.79 Å². The van der Waals surface area contributed by atoms with Gasteiger partial charge < -0.3 is 9.16 Å². The minimum Gasteiger partial charge on any atom is -0.463 e. The maximum atomic E-state index is 11.0. The Morgan fingerprint density at radius 3 is 2.39 bits per heavy atom. The van der Waals surface area contributed by atoms with E-state index in [0.29, 0.717) is 6.61 Å². The van der Waals surface area contributed by atoms with Crippen molar-refractivity contribution in [1.82, 2.24) is 0 Å². The van der Waals surface area contributed by atoms with E-state index < -0.39 is 8.32 Å². The smallest absolute Gasteiger partial charge is 0.330 e. The van der Waals surface area contributed by atoms with E-state index in [-0.39, 0.29) is 11.0 Å². The second-order valence-corrected chi connectivity index (χ2v) is 10.7. The van der Waals surface area contributed by atoms with Crippen LogP contribution in [0.5, 0.6) is 0 Å². The number of hydrogen-bond donors (Lipinski definition) is 0. The van der Waals surface area contributed by atoms with Gasteiger partial charge in [-0.3, -0.25) is 0 Å². The first-order chi connectivity index (χ1) is 8.20. The standard InChI is InChI=1S/C14H28O3Si/c1-7-16-13(15)11-9-8-10-12-17-18(5,6)14(2,3)4/h9,11H,7-8,10,12H2,1-6H3. The monoisotopic (exact) mass is 272 g/mol. The van der Waals surface area contributed by atoms with Gasteiger partial charge in [-0.1, -0.05) is 26.8 Å². The molecular weight excluding hydrogens is 244 g/mol. The molecule has 0 aliphatic carbocycles. The Bertz CT molecular complexity index is 277. The van der Waals surface area contributed by atoms with Crippen molar-refractivity contribution in [3.8, 4) is 0 Å². The Morgan fingerprint density at radius 2 is 1.89 bits per heavy atom. The van der Waals surface area contributed by atoms with Gasteiger partial charge in [-0.25, -0.2) is 4.79 Å². The summed E-state index contributed by atoms with van der Waals surface area (Å²) >= 11 is 0. The molecule has 0 spiro atoms. The van der Waals surface area contributed by atoms with Crippen LogP contribution in [0.25, 0.3) is 0 Å². The Morgan fingerprint density at radius 1 is 1.28 bits per heavy atom. The highest BCUT2D eigenvalue weighted by Gasteiger charge is 2.36. The molecule has 0 rings (SSSR count). The minimum atomic E-state index is -1.62. The molecule has 4 heteroatoms. The summed E-state index contributed by atoms with van der Waals surface area (Å²) in [6.07, 6.45) is 5.15. The lowest BCUT2D eigenvalue weighted by Gasteiger charge is -2.36. The van der Waals surface area contributed by atoms with E-state index in [1.54, 1.807) is 6.92 Å². The molecule has 0 N–H and O–H groups in total. The van der Waals surface area contributed by atoms with Gasteiger partial charge in [-0.15, -0.1) is 0 Å². The van der Waals surface area contributed by atoms with E-state index in [1.807, 2.05) is 6.08 Å². The molecule has 0 saturated heterocycles. The third-order valence-corrected chi connectivity index (χ3v) is 7.86. The van der Waals surface area contributed by atoms with Crippen LogP contribution >= 0.6 is 0 Å². The predicted molar refractivity (Wildman–Crippen MR) is 78.2 cm³/mol. The van der Waals surface area contributed by atoms with E-state index >= 15 is 0 Å². The fourth-order valence-electron chi connectivity index (χ4n) is 1.11. The summed E-state index contributed by atoms with van der Waals surface area (Å²) in [4.78, 5) is 11.0. The van der Waals surface area contributed by atoms with E-state index in [2.05, 4.69) is 33.9 Å². The maximum absolute atomic E-state index is 11.0. The summed E-state index contributed by atoms with van der Waals surface area (Å²) in [5, 5.41) is 0.258. The molecule has 0 amide bonds. The third-order valence-electron chi connectivity index (χ3n) is 3.32. The molecule has 0 fully saturated rings. The van der Waals surface area contributed by atoms with E-state index in [4.69, 9.17) is 9.16 Å². The Hall–Kier alpha value is -0.613. The van der Waals surface area contributed by atoms with Crippen molar-refractivity contribution in [2.75, 3.05) is 13.2 Å². The van der Waals surface area contributed by atoms with Crippen molar-refractivity contribution in [3.05, 3.63) is 12.2 Å². The fraction of sp³-hybridized carbons (Fsp3) is 0.786. The zero-order valence-corrected chi connectivity index (χ0v) is 13.7. The summed E-state index contributed by atoms with van der Waals surface area (Å²) in [6.45, 7) is 14.2. The summed E-state index contributed by atoms with van der Waals surface area (Å²) in [6, 6.07) is 0. The zero-order valence-electron chi connectivity index (χ0n) is 12.7. The van der Waals surface area contributed by atoms with Crippen molar-refractivity contribution in [1.29, 1.82) is 0 Å². The number of unbranched alkanes of at least 4 members (excludes halogenated alkanes) is 1. The van der Waals surface area contributed by atoms with Gasteiger partial charge in [-0.05, 0) is 37.9 Å². The van der Waals surface area contributed by atoms with Crippen LogP contribution in [0.4, 0.5) is 0 Å². The average molecular weight is 272 g/mol. The molecule has 0 aromatic carbocycles. The Labute approximate surface area is 113 Å². The van der Waals surface area contributed by atoms with Crippen LogP contribution in [0.15, 0.2) is 12.2 Å². The van der Waals surface area contributed by atoms with Crippen molar-refractivity contribution in [3.63, 3.8) is 0 Å². The second kappa shape index (κ2) is 7.74. The second-order valence-electron chi connectivity index (χ2n) is 5.91. The van der Waals surface area contributed by atoms with Crippen molar-refractivity contribution < 1.29 is 14.0 Å². The molecule has 3 nitrogen and oxygen atoms in total. The zero-order chi connectivity index (χ0) is 14.2. The molecular formula is C14H28O3Si. The summed E-state index contributed by atoms with van der Waals surface area (Å²) in [5.41, 5.74) is 0. The SMILES string of the molecule is CCOC(=O)C=CCCCO[Si](C)(C)C(C)(C)C. The van der Waals surface area contributed by atoms with Crippen LogP contribution in [-0.4, -0.2) is 27.5 Å². The first-order valence-corrected chi connectivity index (χ1v) is 9.59. The fourth-order valence-corrected chi connectivity index (χ4v) is 2.20. The molecule has 0 heterocycles. The van der Waals surface area contributed by atoms with E-state index in [1.165, 1.54) is 6.08 Å². The van der Waals surface area contributed by atoms with Gasteiger partial charge in [0.25, 0.3) is 0 Å². The van der Waals surface area contributed by atoms with Gasteiger partial charge in [0, 0.05) is 12.7 Å². The van der Waals surface area contributed by atoms with Crippen LogP contribution < -0.4 is 0 Å². The van der Waals surface area contributed by atoms with Gasteiger partial charge in [0.15, 0.2) is 8.32 Å². The number of allylic oxidation sites excluding steroid dienone is 1. The molecule has 0 saturated carbocycles. The van der Waals surface area contributed by atoms with Crippen LogP contribution in [0.2, 0.25) is 18.1 Å². The Kier molecular flexibility index (Phi) is 7.48. The van der Waals surface area contributed by atoms with E-state index in [0.717, 1.165) is 19.4 Å². The molecule has 0 atom stereocenters. The van der Waals surface area contributed by atoms with Crippen LogP contribution in [0.3, 0.4) is 0 Å². The highest BCUT2D eigenvalue weighted by molar-refractivity contribution is 6.74. The van der Waals surface area contributed by atoms with Crippen LogP contribution in [-0.2, 0) is 14.0 Å². The van der Waals surface area contributed by atoms with Crippen LogP contribution in [0, 0.1) is 0 Å². The quantitative estimate of drug-likeness (QED) is 0.305. The number of hydrogen-bond acceptors (Lipinski definition) is 3. The molecule has 0 unspecified atom stereocenters. The summed E-state index contributed by atoms with van der Waals surface area (Å²) < 4.78 is 10.8. The van der Waals surface area contributed by atoms with Gasteiger partial charge in [-0.2, -0.15) is 0 Å². The minimum absolute atomic E-state index is 0.258. The Balaban J connectivity index is 3.78. The van der Waals surface area contributed by atoms with Crippen LogP contribution in [0.1, 0.15) is 40.5 Å². The number of carbonyl (C=O) groups excluding carboxylic acids is 1. The lowest BCUT2D eigenvalue weighted by Crippen LogP contribution is -2.40. The first-order valence-electron chi connectivity index (χ1n) is 6.68. The molecule has 0 radical (unpaired) electrons. The largest absolute Gasteiger partial charge is 0.463 e. The molecule has 106 valence electrons. The van der Waals surface area contributed by atoms with Gasteiger partial charge in [0.2, 0.25) is 0 Å². The van der Waals surface area contributed by atoms with Crippen molar-refractivity contribution in [2.45, 2.75) is 58.7 Å². The molecule has 0 aromatic heterocycles. The van der Waals surface area contributed by atoms with Gasteiger partial charge >= 0.3 is 5.97 Å². The first kappa shape index (κ1) is 17.4. The molecule has 0 aliphatic heterocycles. The number of carbonyl (C=O) groups is 1. The average Bonchev–Trinajstić information content (AvgIpc) is 2.21. The normalized spacial score (nSPS) is 13.0. The lowest BCUT2D eigenvalue weighted by atomic mass is 10.2. The highest BCUT2D eigenvalue weighted by atomic mass is 28.4. The third kappa shape index (κ3) is 6.96. The molecule has 0 aliphatic rings. The maximum Gasteiger partial charge on any atom is 0.330 e. The molecule has 18 heavy (non-hydrogen) atoms. The van der Waals surface area contributed by atoms with Crippen molar-refractivity contribution in [2.24, 2.45) is 0 Å². The van der Waals surface area contributed by atoms with Gasteiger partial charge in [0.05, 0.1) is 6.61 Å². The number of ether oxygens (including phenoxy) is 1. The highest BCUT2D eigenvalue weighted by Crippen LogP contribution is 2.36.